The summed E-state index contributed by atoms with van der Waals surface area (Å²) in [6, 6.07) is 22.9. The fraction of sp³-hybridized carbons (Fsp3) is 0.103. The summed E-state index contributed by atoms with van der Waals surface area (Å²) >= 11 is 0. The van der Waals surface area contributed by atoms with E-state index in [1.165, 1.54) is 7.11 Å². The minimum Gasteiger partial charge on any atom is -0.497 e. The Morgan fingerprint density at radius 2 is 1.77 bits per heavy atom. The van der Waals surface area contributed by atoms with Crippen LogP contribution in [0.15, 0.2) is 91.3 Å². The van der Waals surface area contributed by atoms with Crippen LogP contribution in [0.25, 0.3) is 27.7 Å². The minimum atomic E-state index is -4.73. The van der Waals surface area contributed by atoms with Gasteiger partial charge in [0.2, 0.25) is 0 Å². The number of methoxy groups -OCH3 is 1. The first-order valence-electron chi connectivity index (χ1n) is 12.2. The van der Waals surface area contributed by atoms with Gasteiger partial charge in [0.05, 0.1) is 25.5 Å². The summed E-state index contributed by atoms with van der Waals surface area (Å²) in [7, 11) is 1.49. The van der Waals surface area contributed by atoms with Crippen molar-refractivity contribution in [2.75, 3.05) is 12.4 Å². The Kier molecular flexibility index (Phi) is 6.18. The number of nitrogens with zero attached hydrogens (tertiary/aromatic N) is 5. The van der Waals surface area contributed by atoms with E-state index < -0.39 is 17.8 Å². The third-order valence-corrected chi connectivity index (χ3v) is 6.49. The van der Waals surface area contributed by atoms with Crippen molar-refractivity contribution in [3.05, 3.63) is 108 Å². The van der Waals surface area contributed by atoms with Crippen molar-refractivity contribution in [1.82, 2.24) is 24.4 Å². The van der Waals surface area contributed by atoms with E-state index in [2.05, 4.69) is 20.5 Å². The van der Waals surface area contributed by atoms with Gasteiger partial charge in [-0.15, -0.1) is 0 Å². The van der Waals surface area contributed by atoms with Crippen molar-refractivity contribution >= 4 is 28.1 Å². The first kappa shape index (κ1) is 25.1. The zero-order valence-corrected chi connectivity index (χ0v) is 21.1. The Labute approximate surface area is 225 Å². The van der Waals surface area contributed by atoms with Crippen LogP contribution in [0.5, 0.6) is 5.75 Å². The highest BCUT2D eigenvalue weighted by atomic mass is 19.4. The molecule has 40 heavy (non-hydrogen) atoms. The largest absolute Gasteiger partial charge is 0.497 e. The number of anilines is 1. The van der Waals surface area contributed by atoms with E-state index in [4.69, 9.17) is 4.74 Å². The third kappa shape index (κ3) is 4.73. The van der Waals surface area contributed by atoms with Crippen LogP contribution in [0.3, 0.4) is 0 Å². The molecule has 11 heteroatoms. The number of carbonyl (C=O) groups is 1. The Hall–Kier alpha value is -5.19. The molecule has 1 N–H and O–H groups in total. The van der Waals surface area contributed by atoms with Crippen molar-refractivity contribution in [2.45, 2.75) is 12.7 Å². The number of alkyl halides is 3. The van der Waals surface area contributed by atoms with E-state index in [1.54, 1.807) is 41.2 Å². The van der Waals surface area contributed by atoms with E-state index in [9.17, 15) is 18.0 Å². The molecule has 8 nitrogen and oxygen atoms in total. The van der Waals surface area contributed by atoms with Gasteiger partial charge in [0.1, 0.15) is 11.3 Å². The number of hydrogen-bond donors (Lipinski definition) is 1. The average Bonchev–Trinajstić information content (AvgIpc) is 3.59. The maximum atomic E-state index is 13.9. The lowest BCUT2D eigenvalue weighted by molar-refractivity contribution is -0.142. The highest BCUT2D eigenvalue weighted by Crippen LogP contribution is 2.33. The van der Waals surface area contributed by atoms with Crippen LogP contribution < -0.4 is 10.1 Å². The number of nitrogens with one attached hydrogen (secondary N) is 1. The molecule has 6 rings (SSSR count). The van der Waals surface area contributed by atoms with Gasteiger partial charge in [-0.05, 0) is 46.7 Å². The number of ether oxygens (including phenoxy) is 1. The first-order chi connectivity index (χ1) is 19.3. The van der Waals surface area contributed by atoms with Gasteiger partial charge in [0.15, 0.2) is 17.2 Å². The van der Waals surface area contributed by atoms with Crippen LogP contribution >= 0.6 is 0 Å². The molecule has 0 atom stereocenters. The SMILES string of the molecule is COc1ccc(-c2cc(C(F)(F)F)n3ncc(C(=O)Nc4ccn(Cc5cccc6ccccc56)n4)c3n2)cc1. The van der Waals surface area contributed by atoms with Crippen LogP contribution in [0.4, 0.5) is 19.0 Å². The molecular formula is C29H21F3N6O2. The predicted molar refractivity (Wildman–Crippen MR) is 143 cm³/mol. The van der Waals surface area contributed by atoms with Gasteiger partial charge in [0, 0.05) is 17.8 Å². The molecular weight excluding hydrogens is 521 g/mol. The van der Waals surface area contributed by atoms with Crippen LogP contribution in [-0.2, 0) is 12.7 Å². The van der Waals surface area contributed by atoms with E-state index in [0.29, 0.717) is 22.4 Å². The van der Waals surface area contributed by atoms with Gasteiger partial charge in [-0.2, -0.15) is 23.4 Å². The Bertz CT molecular complexity index is 1850. The second-order valence-corrected chi connectivity index (χ2v) is 9.04. The van der Waals surface area contributed by atoms with E-state index >= 15 is 0 Å². The normalized spacial score (nSPS) is 11.7. The van der Waals surface area contributed by atoms with E-state index in [-0.39, 0.29) is 22.7 Å². The fourth-order valence-corrected chi connectivity index (χ4v) is 4.54. The summed E-state index contributed by atoms with van der Waals surface area (Å²) in [5, 5.41) is 13.1. The number of rotatable bonds is 6. The number of aromatic nitrogens is 5. The van der Waals surface area contributed by atoms with Gasteiger partial charge in [-0.25, -0.2) is 9.50 Å². The number of carbonyl (C=O) groups excluding carboxylic acids is 1. The molecule has 1 amide bonds. The quantitative estimate of drug-likeness (QED) is 0.276. The summed E-state index contributed by atoms with van der Waals surface area (Å²) in [5.74, 6) is 0.107. The maximum absolute atomic E-state index is 13.9. The number of fused-ring (bicyclic) bond motifs is 2. The Morgan fingerprint density at radius 1 is 1.00 bits per heavy atom. The highest BCUT2D eigenvalue weighted by Gasteiger charge is 2.36. The van der Waals surface area contributed by atoms with Gasteiger partial charge >= 0.3 is 6.18 Å². The van der Waals surface area contributed by atoms with Gasteiger partial charge in [0.25, 0.3) is 5.91 Å². The second kappa shape index (κ2) is 9.84. The molecule has 0 aliphatic heterocycles. The molecule has 200 valence electrons. The number of hydrogen-bond acceptors (Lipinski definition) is 5. The highest BCUT2D eigenvalue weighted by molar-refractivity contribution is 6.07. The number of amides is 1. The minimum absolute atomic E-state index is 0.0383. The van der Waals surface area contributed by atoms with Gasteiger partial charge in [-0.1, -0.05) is 42.5 Å². The number of benzene rings is 3. The summed E-state index contributed by atoms with van der Waals surface area (Å²) in [5.41, 5.74) is 0.112. The van der Waals surface area contributed by atoms with Gasteiger partial charge < -0.3 is 10.1 Å². The molecule has 0 saturated carbocycles. The molecule has 0 bridgehead atoms. The van der Waals surface area contributed by atoms with Crippen molar-refractivity contribution in [3.63, 3.8) is 0 Å². The molecule has 3 aromatic carbocycles. The zero-order chi connectivity index (χ0) is 27.9. The smallest absolute Gasteiger partial charge is 0.433 e. The molecule has 0 spiro atoms. The van der Waals surface area contributed by atoms with Crippen LogP contribution in [0.2, 0.25) is 0 Å². The lowest BCUT2D eigenvalue weighted by atomic mass is 10.0. The number of halogens is 3. The molecule has 3 heterocycles. The topological polar surface area (TPSA) is 86.3 Å². The van der Waals surface area contributed by atoms with Crippen LogP contribution in [0.1, 0.15) is 21.6 Å². The summed E-state index contributed by atoms with van der Waals surface area (Å²) in [6.45, 7) is 0.468. The fourth-order valence-electron chi connectivity index (χ4n) is 4.54. The summed E-state index contributed by atoms with van der Waals surface area (Å²) in [4.78, 5) is 17.5. The van der Waals surface area contributed by atoms with Crippen LogP contribution in [-0.4, -0.2) is 37.4 Å². The monoisotopic (exact) mass is 542 g/mol. The Balaban J connectivity index is 1.30. The van der Waals surface area contributed by atoms with E-state index in [0.717, 1.165) is 28.6 Å². The van der Waals surface area contributed by atoms with Crippen LogP contribution in [0, 0.1) is 0 Å². The molecule has 0 saturated heterocycles. The molecule has 0 aliphatic carbocycles. The summed E-state index contributed by atoms with van der Waals surface area (Å²) < 4.78 is 49.3. The maximum Gasteiger partial charge on any atom is 0.433 e. The second-order valence-electron chi connectivity index (χ2n) is 9.04. The first-order valence-corrected chi connectivity index (χ1v) is 12.2. The lowest BCUT2D eigenvalue weighted by Gasteiger charge is -2.12. The molecule has 0 radical (unpaired) electrons. The molecule has 0 unspecified atom stereocenters. The molecule has 0 aliphatic rings. The summed E-state index contributed by atoms with van der Waals surface area (Å²) in [6.07, 6.45) is -1.95. The molecule has 3 aromatic heterocycles. The Morgan fingerprint density at radius 3 is 2.55 bits per heavy atom. The van der Waals surface area contributed by atoms with Crippen molar-refractivity contribution in [1.29, 1.82) is 0 Å². The zero-order valence-electron chi connectivity index (χ0n) is 21.1. The van der Waals surface area contributed by atoms with Crippen molar-refractivity contribution in [2.24, 2.45) is 0 Å². The van der Waals surface area contributed by atoms with Crippen molar-refractivity contribution < 1.29 is 22.7 Å². The molecule has 6 aromatic rings. The average molecular weight is 543 g/mol. The predicted octanol–water partition coefficient (Wildman–Crippen LogP) is 6.07. The third-order valence-electron chi connectivity index (χ3n) is 6.49. The van der Waals surface area contributed by atoms with Crippen molar-refractivity contribution in [3.8, 4) is 17.0 Å². The molecule has 0 fully saturated rings. The van der Waals surface area contributed by atoms with Gasteiger partial charge in [-0.3, -0.25) is 9.48 Å². The standard InChI is InChI=1S/C29H21F3N6O2/c1-40-21-11-9-19(10-12-21)24-15-25(29(30,31)32)38-27(34-24)23(16-33-38)28(39)35-26-13-14-37(36-26)17-20-7-4-6-18-5-2-3-8-22(18)20/h2-16H,17H2,1H3,(H,35,36,39). The van der Waals surface area contributed by atoms with E-state index in [1.807, 2.05) is 42.5 Å². The lowest BCUT2D eigenvalue weighted by Crippen LogP contribution is -2.16.